The quantitative estimate of drug-likeness (QED) is 0.677. The lowest BCUT2D eigenvalue weighted by molar-refractivity contribution is 0.225. The zero-order valence-electron chi connectivity index (χ0n) is 10.8. The van der Waals surface area contributed by atoms with Crippen LogP contribution in [0.25, 0.3) is 0 Å². The summed E-state index contributed by atoms with van der Waals surface area (Å²) in [6.45, 7) is 0.482. The lowest BCUT2D eigenvalue weighted by atomic mass is 9.93. The summed E-state index contributed by atoms with van der Waals surface area (Å²) in [7, 11) is -6.38. The molecule has 0 unspecified atom stereocenters. The molecule has 0 N–H and O–H groups in total. The summed E-state index contributed by atoms with van der Waals surface area (Å²) in [5.74, 6) is 0.00737. The van der Waals surface area contributed by atoms with E-state index in [9.17, 15) is 16.8 Å². The van der Waals surface area contributed by atoms with Crippen LogP contribution in [-0.2, 0) is 19.9 Å². The van der Waals surface area contributed by atoms with Crippen molar-refractivity contribution < 1.29 is 16.8 Å². The first-order valence-electron chi connectivity index (χ1n) is 6.64. The fourth-order valence-corrected chi connectivity index (χ4v) is 7.23. The van der Waals surface area contributed by atoms with Gasteiger partial charge in [0, 0.05) is 17.9 Å². The number of halogens is 1. The van der Waals surface area contributed by atoms with Crippen molar-refractivity contribution in [2.24, 2.45) is 0 Å². The van der Waals surface area contributed by atoms with Gasteiger partial charge in [0.2, 0.25) is 10.0 Å². The number of nitrogens with zero attached hydrogens (tertiary/aromatic N) is 1. The molecule has 0 bridgehead atoms. The van der Waals surface area contributed by atoms with Gasteiger partial charge in [0.25, 0.3) is 0 Å². The number of rotatable bonds is 5. The Kier molecular flexibility index (Phi) is 4.96. The van der Waals surface area contributed by atoms with Crippen molar-refractivity contribution >= 4 is 35.8 Å². The van der Waals surface area contributed by atoms with E-state index in [4.69, 9.17) is 0 Å². The van der Waals surface area contributed by atoms with Gasteiger partial charge in [-0.05, 0) is 25.7 Å². The first-order valence-corrected chi connectivity index (χ1v) is 11.1. The lowest BCUT2D eigenvalue weighted by Gasteiger charge is -2.39. The second kappa shape index (κ2) is 5.99. The second-order valence-corrected chi connectivity index (χ2v) is 10.5. The van der Waals surface area contributed by atoms with Crippen LogP contribution in [0, 0.1) is 0 Å². The van der Waals surface area contributed by atoms with Gasteiger partial charge in [-0.1, -0.05) is 22.4 Å². The van der Waals surface area contributed by atoms with Gasteiger partial charge in [-0.15, -0.1) is 0 Å². The van der Waals surface area contributed by atoms with E-state index in [0.29, 0.717) is 11.9 Å². The molecule has 0 radical (unpaired) electrons. The molecule has 2 fully saturated rings. The van der Waals surface area contributed by atoms with E-state index in [0.717, 1.165) is 19.3 Å². The van der Waals surface area contributed by atoms with Crippen molar-refractivity contribution in [3.05, 3.63) is 0 Å². The molecule has 2 aliphatic rings. The Bertz CT molecular complexity index is 499. The molecule has 1 aliphatic heterocycles. The summed E-state index contributed by atoms with van der Waals surface area (Å²) < 4.78 is 49.7. The molecule has 1 saturated heterocycles. The standard InChI is InChI=1S/C11H20BrNO4S2/c12-6-7-13(10-2-1-3-10)19(16,17)11-4-8-18(14,15)9-5-11/h10-11H,1-9H2. The van der Waals surface area contributed by atoms with Crippen LogP contribution < -0.4 is 0 Å². The molecular weight excluding hydrogens is 354 g/mol. The molecule has 0 atom stereocenters. The Morgan fingerprint density at radius 2 is 1.68 bits per heavy atom. The largest absolute Gasteiger partial charge is 0.229 e. The van der Waals surface area contributed by atoms with E-state index in [1.807, 2.05) is 0 Å². The predicted molar refractivity (Wildman–Crippen MR) is 78.7 cm³/mol. The minimum Gasteiger partial charge on any atom is -0.229 e. The van der Waals surface area contributed by atoms with E-state index in [2.05, 4.69) is 15.9 Å². The van der Waals surface area contributed by atoms with Crippen LogP contribution >= 0.6 is 15.9 Å². The molecule has 1 heterocycles. The van der Waals surface area contributed by atoms with E-state index in [1.54, 1.807) is 4.31 Å². The third kappa shape index (κ3) is 3.51. The van der Waals surface area contributed by atoms with Crippen LogP contribution in [0.4, 0.5) is 0 Å². The van der Waals surface area contributed by atoms with Crippen molar-refractivity contribution in [1.29, 1.82) is 0 Å². The lowest BCUT2D eigenvalue weighted by Crippen LogP contribution is -2.50. The average molecular weight is 374 g/mol. The molecule has 1 saturated carbocycles. The highest BCUT2D eigenvalue weighted by Gasteiger charge is 2.40. The molecule has 0 aromatic heterocycles. The molecule has 0 amide bonds. The predicted octanol–water partition coefficient (Wildman–Crippen LogP) is 1.14. The summed E-state index contributed by atoms with van der Waals surface area (Å²) in [5.41, 5.74) is 0. The van der Waals surface area contributed by atoms with Crippen molar-refractivity contribution in [2.75, 3.05) is 23.4 Å². The van der Waals surface area contributed by atoms with Gasteiger partial charge in [0.05, 0.1) is 16.8 Å². The molecule has 0 aromatic carbocycles. The highest BCUT2D eigenvalue weighted by Crippen LogP contribution is 2.31. The van der Waals surface area contributed by atoms with Gasteiger partial charge in [0.1, 0.15) is 9.84 Å². The fourth-order valence-electron chi connectivity index (χ4n) is 2.63. The average Bonchev–Trinajstić information content (AvgIpc) is 2.25. The summed E-state index contributed by atoms with van der Waals surface area (Å²) >= 11 is 3.30. The molecule has 5 nitrogen and oxygen atoms in total. The van der Waals surface area contributed by atoms with Crippen molar-refractivity contribution in [3.63, 3.8) is 0 Å². The van der Waals surface area contributed by atoms with Crippen LogP contribution in [0.5, 0.6) is 0 Å². The Balaban J connectivity index is 2.11. The molecule has 8 heteroatoms. The van der Waals surface area contributed by atoms with E-state index in [-0.39, 0.29) is 30.4 Å². The van der Waals surface area contributed by atoms with E-state index < -0.39 is 25.1 Å². The molecule has 0 aromatic rings. The molecule has 1 aliphatic carbocycles. The van der Waals surface area contributed by atoms with Gasteiger partial charge in [-0.3, -0.25) is 0 Å². The number of hydrogen-bond donors (Lipinski definition) is 0. The number of hydrogen-bond acceptors (Lipinski definition) is 4. The molecule has 2 rings (SSSR count). The van der Waals surface area contributed by atoms with Crippen molar-refractivity contribution in [2.45, 2.75) is 43.4 Å². The summed E-state index contributed by atoms with van der Waals surface area (Å²) in [6.07, 6.45) is 3.43. The summed E-state index contributed by atoms with van der Waals surface area (Å²) in [5, 5.41) is 0.101. The normalized spacial score (nSPS) is 25.4. The topological polar surface area (TPSA) is 71.5 Å². The highest BCUT2D eigenvalue weighted by molar-refractivity contribution is 9.09. The van der Waals surface area contributed by atoms with Crippen LogP contribution in [0.2, 0.25) is 0 Å². The van der Waals surface area contributed by atoms with Gasteiger partial charge < -0.3 is 0 Å². The Hall–Kier alpha value is 0.340. The van der Waals surface area contributed by atoms with Crippen LogP contribution in [0.15, 0.2) is 0 Å². The molecular formula is C11H20BrNO4S2. The number of sulfonamides is 1. The third-order valence-electron chi connectivity index (χ3n) is 4.04. The van der Waals surface area contributed by atoms with E-state index >= 15 is 0 Å². The minimum atomic E-state index is -3.36. The summed E-state index contributed by atoms with van der Waals surface area (Å²) in [6, 6.07) is 0.126. The van der Waals surface area contributed by atoms with Crippen molar-refractivity contribution in [1.82, 2.24) is 4.31 Å². The second-order valence-electron chi connectivity index (χ2n) is 5.28. The molecule has 112 valence electrons. The first-order chi connectivity index (χ1) is 8.87. The van der Waals surface area contributed by atoms with Gasteiger partial charge in [-0.25, -0.2) is 16.8 Å². The van der Waals surface area contributed by atoms with E-state index in [1.165, 1.54) is 0 Å². The Labute approximate surface area is 123 Å². The third-order valence-corrected chi connectivity index (χ3v) is 8.56. The van der Waals surface area contributed by atoms with Gasteiger partial charge >= 0.3 is 0 Å². The Morgan fingerprint density at radius 1 is 1.11 bits per heavy atom. The SMILES string of the molecule is O=S1(=O)CCC(S(=O)(=O)N(CCBr)C2CCC2)CC1. The zero-order valence-corrected chi connectivity index (χ0v) is 14.0. The highest BCUT2D eigenvalue weighted by atomic mass is 79.9. The van der Waals surface area contributed by atoms with Crippen LogP contribution in [0.3, 0.4) is 0 Å². The smallest absolute Gasteiger partial charge is 0.217 e. The fraction of sp³-hybridized carbons (Fsp3) is 1.00. The molecule has 19 heavy (non-hydrogen) atoms. The maximum absolute atomic E-state index is 12.6. The minimum absolute atomic E-state index is 0.00369. The maximum atomic E-state index is 12.6. The maximum Gasteiger partial charge on any atom is 0.217 e. The van der Waals surface area contributed by atoms with Gasteiger partial charge in [-0.2, -0.15) is 4.31 Å². The van der Waals surface area contributed by atoms with Gasteiger partial charge in [0.15, 0.2) is 0 Å². The first kappa shape index (κ1) is 15.7. The number of sulfone groups is 1. The number of alkyl halides is 1. The van der Waals surface area contributed by atoms with Crippen LogP contribution in [0.1, 0.15) is 32.1 Å². The zero-order chi connectivity index (χ0) is 14.1. The Morgan fingerprint density at radius 3 is 2.11 bits per heavy atom. The summed E-state index contributed by atoms with van der Waals surface area (Å²) in [4.78, 5) is 0. The molecule has 0 spiro atoms. The monoisotopic (exact) mass is 373 g/mol. The van der Waals surface area contributed by atoms with Crippen LogP contribution in [-0.4, -0.2) is 55.8 Å². The van der Waals surface area contributed by atoms with Crippen molar-refractivity contribution in [3.8, 4) is 0 Å².